The van der Waals surface area contributed by atoms with Crippen LogP contribution in [-0.2, 0) is 15.9 Å². The molecule has 2 aliphatic heterocycles. The molecule has 2 saturated heterocycles. The smallest absolute Gasteiger partial charge is 0.193 e. The number of rotatable bonds is 10. The zero-order chi connectivity index (χ0) is 22.6. The van der Waals surface area contributed by atoms with E-state index in [9.17, 15) is 0 Å². The molecule has 1 N–H and O–H groups in total. The molecule has 1 atom stereocenters. The largest absolute Gasteiger partial charge is 0.493 e. The number of nitrogens with zero attached hydrogens (tertiary/aromatic N) is 2. The van der Waals surface area contributed by atoms with Crippen LogP contribution in [0.1, 0.15) is 51.0 Å². The Bertz CT molecular complexity index is 705. The fourth-order valence-corrected chi connectivity index (χ4v) is 4.35. The molecule has 0 bridgehead atoms. The van der Waals surface area contributed by atoms with Crippen LogP contribution in [0.2, 0.25) is 0 Å². The summed E-state index contributed by atoms with van der Waals surface area (Å²) < 4.78 is 22.7. The van der Waals surface area contributed by atoms with Crippen molar-refractivity contribution >= 4 is 29.9 Å². The molecule has 0 aliphatic carbocycles. The maximum atomic E-state index is 6.16. The second-order valence-electron chi connectivity index (χ2n) is 8.54. The van der Waals surface area contributed by atoms with Gasteiger partial charge < -0.3 is 29.2 Å². The molecule has 1 unspecified atom stereocenters. The minimum Gasteiger partial charge on any atom is -0.493 e. The molecule has 7 nitrogen and oxygen atoms in total. The summed E-state index contributed by atoms with van der Waals surface area (Å²) in [6.45, 7) is 7.40. The van der Waals surface area contributed by atoms with Crippen molar-refractivity contribution in [3.05, 3.63) is 23.8 Å². The Morgan fingerprint density at radius 1 is 1.12 bits per heavy atom. The van der Waals surface area contributed by atoms with Gasteiger partial charge in [0.1, 0.15) is 0 Å². The summed E-state index contributed by atoms with van der Waals surface area (Å²) in [6.07, 6.45) is 8.27. The number of ether oxygens (including phenoxy) is 4. The number of piperidine rings is 1. The lowest BCUT2D eigenvalue weighted by atomic mass is 10.1. The van der Waals surface area contributed by atoms with E-state index in [4.69, 9.17) is 23.9 Å². The van der Waals surface area contributed by atoms with Crippen LogP contribution in [0.15, 0.2) is 23.2 Å². The predicted molar refractivity (Wildman–Crippen MR) is 143 cm³/mol. The van der Waals surface area contributed by atoms with Gasteiger partial charge in [-0.3, -0.25) is 4.99 Å². The summed E-state index contributed by atoms with van der Waals surface area (Å²) in [5.74, 6) is 2.57. The first kappa shape index (κ1) is 28.0. The quantitative estimate of drug-likeness (QED) is 0.195. The third kappa shape index (κ3) is 9.13. The van der Waals surface area contributed by atoms with Gasteiger partial charge in [-0.25, -0.2) is 0 Å². The van der Waals surface area contributed by atoms with E-state index in [1.54, 1.807) is 14.2 Å². The van der Waals surface area contributed by atoms with E-state index in [1.807, 2.05) is 6.07 Å². The molecule has 188 valence electrons. The van der Waals surface area contributed by atoms with Gasteiger partial charge in [-0.05, 0) is 69.6 Å². The average molecular weight is 576 g/mol. The Labute approximate surface area is 216 Å². The number of hydrogen-bond acceptors (Lipinski definition) is 5. The molecule has 0 saturated carbocycles. The number of hydrogen-bond donors (Lipinski definition) is 1. The van der Waals surface area contributed by atoms with Gasteiger partial charge >= 0.3 is 0 Å². The zero-order valence-electron chi connectivity index (χ0n) is 20.5. The summed E-state index contributed by atoms with van der Waals surface area (Å²) in [6, 6.07) is 6.12. The van der Waals surface area contributed by atoms with E-state index in [-0.39, 0.29) is 24.0 Å². The SMILES string of the molecule is CCNC(=NCCCc1ccc(OC)c(OC)c1)N1CCC(OCC2CCCCO2)CC1.I. The highest BCUT2D eigenvalue weighted by Gasteiger charge is 2.23. The number of benzene rings is 1. The molecular formula is C25H42IN3O4. The molecule has 33 heavy (non-hydrogen) atoms. The zero-order valence-corrected chi connectivity index (χ0v) is 22.8. The van der Waals surface area contributed by atoms with Crippen molar-refractivity contribution in [2.24, 2.45) is 4.99 Å². The Kier molecular flexibility index (Phi) is 13.2. The van der Waals surface area contributed by atoms with Gasteiger partial charge in [0, 0.05) is 32.8 Å². The molecule has 0 radical (unpaired) electrons. The summed E-state index contributed by atoms with van der Waals surface area (Å²) >= 11 is 0. The second-order valence-corrected chi connectivity index (χ2v) is 8.54. The van der Waals surface area contributed by atoms with Gasteiger partial charge in [-0.15, -0.1) is 24.0 Å². The first-order valence-electron chi connectivity index (χ1n) is 12.2. The van der Waals surface area contributed by atoms with Crippen LogP contribution in [0.4, 0.5) is 0 Å². The molecular weight excluding hydrogens is 533 g/mol. The molecule has 0 spiro atoms. The molecule has 8 heteroatoms. The third-order valence-electron chi connectivity index (χ3n) is 6.20. The standard InChI is InChI=1S/C25H41N3O4.HI/c1-4-26-25(27-14-7-8-20-10-11-23(29-2)24(18-20)30-3)28-15-12-21(13-16-28)32-19-22-9-5-6-17-31-22;/h10-11,18,21-22H,4-9,12-17,19H2,1-3H3,(H,26,27);1H. The van der Waals surface area contributed by atoms with Crippen molar-refractivity contribution in [1.29, 1.82) is 0 Å². The van der Waals surface area contributed by atoms with Crippen LogP contribution in [-0.4, -0.2) is 76.7 Å². The Morgan fingerprint density at radius 3 is 2.58 bits per heavy atom. The number of aryl methyl sites for hydroxylation is 1. The third-order valence-corrected chi connectivity index (χ3v) is 6.20. The maximum absolute atomic E-state index is 6.16. The first-order valence-corrected chi connectivity index (χ1v) is 12.2. The van der Waals surface area contributed by atoms with E-state index >= 15 is 0 Å². The van der Waals surface area contributed by atoms with E-state index in [2.05, 4.69) is 29.3 Å². The lowest BCUT2D eigenvalue weighted by Gasteiger charge is -2.35. The minimum atomic E-state index is 0. The number of aliphatic imine (C=N–C) groups is 1. The van der Waals surface area contributed by atoms with Crippen LogP contribution >= 0.6 is 24.0 Å². The van der Waals surface area contributed by atoms with Gasteiger partial charge in [0.2, 0.25) is 0 Å². The fourth-order valence-electron chi connectivity index (χ4n) is 4.35. The second kappa shape index (κ2) is 15.6. The minimum absolute atomic E-state index is 0. The van der Waals surface area contributed by atoms with Crippen molar-refractivity contribution in [3.63, 3.8) is 0 Å². The lowest BCUT2D eigenvalue weighted by molar-refractivity contribution is -0.0721. The summed E-state index contributed by atoms with van der Waals surface area (Å²) in [7, 11) is 3.33. The summed E-state index contributed by atoms with van der Waals surface area (Å²) in [5, 5.41) is 3.46. The van der Waals surface area contributed by atoms with Gasteiger partial charge in [0.05, 0.1) is 33.0 Å². The summed E-state index contributed by atoms with van der Waals surface area (Å²) in [4.78, 5) is 7.26. The predicted octanol–water partition coefficient (Wildman–Crippen LogP) is 4.27. The highest BCUT2D eigenvalue weighted by Crippen LogP contribution is 2.28. The molecule has 1 aromatic carbocycles. The van der Waals surface area contributed by atoms with Crippen LogP contribution in [0.5, 0.6) is 11.5 Å². The summed E-state index contributed by atoms with van der Waals surface area (Å²) in [5.41, 5.74) is 1.24. The number of methoxy groups -OCH3 is 2. The molecule has 0 amide bonds. The molecule has 2 fully saturated rings. The highest BCUT2D eigenvalue weighted by atomic mass is 127. The van der Waals surface area contributed by atoms with Gasteiger partial charge in [-0.1, -0.05) is 6.07 Å². The van der Waals surface area contributed by atoms with E-state index < -0.39 is 0 Å². The molecule has 2 aliphatic rings. The first-order chi connectivity index (χ1) is 15.7. The van der Waals surface area contributed by atoms with Crippen LogP contribution < -0.4 is 14.8 Å². The topological polar surface area (TPSA) is 64.6 Å². The Balaban J connectivity index is 0.00000385. The van der Waals surface area contributed by atoms with Crippen molar-refractivity contribution in [1.82, 2.24) is 10.2 Å². The van der Waals surface area contributed by atoms with Gasteiger partial charge in [0.25, 0.3) is 0 Å². The normalized spacial score (nSPS) is 19.7. The van der Waals surface area contributed by atoms with Crippen molar-refractivity contribution in [2.75, 3.05) is 53.6 Å². The van der Waals surface area contributed by atoms with Crippen LogP contribution in [0.25, 0.3) is 0 Å². The van der Waals surface area contributed by atoms with E-state index in [0.29, 0.717) is 12.2 Å². The lowest BCUT2D eigenvalue weighted by Crippen LogP contribution is -2.47. The number of guanidine groups is 1. The molecule has 3 rings (SSSR count). The van der Waals surface area contributed by atoms with Gasteiger partial charge in [0.15, 0.2) is 17.5 Å². The number of nitrogens with one attached hydrogen (secondary N) is 1. The fraction of sp³-hybridized carbons (Fsp3) is 0.720. The maximum Gasteiger partial charge on any atom is 0.193 e. The number of likely N-dealkylation sites (tertiary alicyclic amines) is 1. The molecule has 1 aromatic rings. The molecule has 0 aromatic heterocycles. The van der Waals surface area contributed by atoms with Crippen LogP contribution in [0, 0.1) is 0 Å². The molecule has 2 heterocycles. The van der Waals surface area contributed by atoms with Crippen molar-refractivity contribution in [2.45, 2.75) is 64.1 Å². The Morgan fingerprint density at radius 2 is 1.91 bits per heavy atom. The Hall–Kier alpha value is -1.26. The average Bonchev–Trinajstić information content (AvgIpc) is 2.85. The van der Waals surface area contributed by atoms with Crippen molar-refractivity contribution in [3.8, 4) is 11.5 Å². The highest BCUT2D eigenvalue weighted by molar-refractivity contribution is 14.0. The van der Waals surface area contributed by atoms with Crippen LogP contribution in [0.3, 0.4) is 0 Å². The van der Waals surface area contributed by atoms with E-state index in [1.165, 1.54) is 18.4 Å². The van der Waals surface area contributed by atoms with Gasteiger partial charge in [-0.2, -0.15) is 0 Å². The van der Waals surface area contributed by atoms with Crippen molar-refractivity contribution < 1.29 is 18.9 Å². The number of halogens is 1. The monoisotopic (exact) mass is 575 g/mol. The van der Waals surface area contributed by atoms with E-state index in [0.717, 1.165) is 89.0 Å².